The van der Waals surface area contributed by atoms with Crippen molar-refractivity contribution in [2.75, 3.05) is 12.3 Å². The van der Waals surface area contributed by atoms with E-state index in [4.69, 9.17) is 0 Å². The lowest BCUT2D eigenvalue weighted by atomic mass is 9.84. The van der Waals surface area contributed by atoms with Crippen LogP contribution in [0.4, 0.5) is 0 Å². The van der Waals surface area contributed by atoms with Crippen molar-refractivity contribution < 1.29 is 14.7 Å². The first-order valence-corrected chi connectivity index (χ1v) is 7.88. The molecule has 108 valence electrons. The van der Waals surface area contributed by atoms with Gasteiger partial charge in [0.1, 0.15) is 6.04 Å². The van der Waals surface area contributed by atoms with Gasteiger partial charge in [0.2, 0.25) is 5.91 Å². The molecule has 19 heavy (non-hydrogen) atoms. The van der Waals surface area contributed by atoms with Crippen LogP contribution in [-0.4, -0.2) is 40.2 Å². The van der Waals surface area contributed by atoms with Gasteiger partial charge < -0.3 is 10.0 Å². The summed E-state index contributed by atoms with van der Waals surface area (Å²) in [5, 5.41) is 9.43. The third kappa shape index (κ3) is 3.65. The molecular weight excluding hydrogens is 262 g/mol. The van der Waals surface area contributed by atoms with E-state index in [2.05, 4.69) is 12.6 Å². The summed E-state index contributed by atoms with van der Waals surface area (Å²) in [5.41, 5.74) is 0. The quantitative estimate of drug-likeness (QED) is 0.761. The minimum atomic E-state index is -0.848. The van der Waals surface area contributed by atoms with Crippen LogP contribution < -0.4 is 0 Å². The smallest absolute Gasteiger partial charge is 0.326 e. The Balaban J connectivity index is 1.99. The third-order valence-corrected chi connectivity index (χ3v) is 4.96. The van der Waals surface area contributed by atoms with Crippen molar-refractivity contribution in [2.45, 2.75) is 51.0 Å². The number of likely N-dealkylation sites (tertiary alicyclic amines) is 1. The van der Waals surface area contributed by atoms with Crippen LogP contribution >= 0.6 is 12.6 Å². The largest absolute Gasteiger partial charge is 0.480 e. The van der Waals surface area contributed by atoms with Crippen molar-refractivity contribution in [1.29, 1.82) is 0 Å². The van der Waals surface area contributed by atoms with Crippen LogP contribution in [0.3, 0.4) is 0 Å². The Kier molecular flexibility index (Phi) is 5.13. The lowest BCUT2D eigenvalue weighted by molar-refractivity contribution is -0.149. The Morgan fingerprint density at radius 2 is 2.00 bits per heavy atom. The molecule has 0 aromatic heterocycles. The molecule has 2 aliphatic rings. The summed E-state index contributed by atoms with van der Waals surface area (Å²) in [6.07, 6.45) is 6.97. The molecule has 1 aliphatic heterocycles. The first-order chi connectivity index (χ1) is 9.11. The highest BCUT2D eigenvalue weighted by Crippen LogP contribution is 2.31. The van der Waals surface area contributed by atoms with Crippen molar-refractivity contribution in [1.82, 2.24) is 4.90 Å². The SMILES string of the molecule is O=C(O)[C@H](CC1CCCCC1)N1CC(CS)CC1=O. The van der Waals surface area contributed by atoms with Crippen molar-refractivity contribution in [2.24, 2.45) is 11.8 Å². The Bertz CT molecular complexity index is 342. The number of nitrogens with zero attached hydrogens (tertiary/aromatic N) is 1. The monoisotopic (exact) mass is 285 g/mol. The van der Waals surface area contributed by atoms with Gasteiger partial charge in [-0.15, -0.1) is 0 Å². The molecule has 0 aromatic carbocycles. The zero-order valence-corrected chi connectivity index (χ0v) is 12.1. The van der Waals surface area contributed by atoms with Crippen molar-refractivity contribution in [3.05, 3.63) is 0 Å². The topological polar surface area (TPSA) is 57.6 Å². The van der Waals surface area contributed by atoms with E-state index in [-0.39, 0.29) is 11.8 Å². The number of carbonyl (C=O) groups excluding carboxylic acids is 1. The maximum Gasteiger partial charge on any atom is 0.326 e. The van der Waals surface area contributed by atoms with Crippen LogP contribution in [0.25, 0.3) is 0 Å². The predicted octanol–water partition coefficient (Wildman–Crippen LogP) is 2.19. The molecule has 1 amide bonds. The van der Waals surface area contributed by atoms with Gasteiger partial charge >= 0.3 is 5.97 Å². The maximum absolute atomic E-state index is 12.0. The second kappa shape index (κ2) is 6.64. The molecule has 1 aliphatic carbocycles. The molecule has 2 rings (SSSR count). The summed E-state index contributed by atoms with van der Waals surface area (Å²) < 4.78 is 0. The van der Waals surface area contributed by atoms with E-state index in [0.29, 0.717) is 31.1 Å². The van der Waals surface area contributed by atoms with Gasteiger partial charge in [0.15, 0.2) is 0 Å². The Hall–Kier alpha value is -0.710. The number of aliphatic carboxylic acids is 1. The fourth-order valence-electron chi connectivity index (χ4n) is 3.33. The van der Waals surface area contributed by atoms with E-state index in [0.717, 1.165) is 12.8 Å². The molecule has 5 heteroatoms. The number of carboxylic acids is 1. The van der Waals surface area contributed by atoms with E-state index in [9.17, 15) is 14.7 Å². The zero-order chi connectivity index (χ0) is 13.8. The first-order valence-electron chi connectivity index (χ1n) is 7.25. The summed E-state index contributed by atoms with van der Waals surface area (Å²) in [7, 11) is 0. The molecule has 4 nitrogen and oxygen atoms in total. The van der Waals surface area contributed by atoms with Gasteiger partial charge in [-0.05, 0) is 24.0 Å². The highest BCUT2D eigenvalue weighted by Gasteiger charge is 2.38. The zero-order valence-electron chi connectivity index (χ0n) is 11.3. The molecule has 2 fully saturated rings. The molecule has 1 saturated carbocycles. The predicted molar refractivity (Wildman–Crippen MR) is 76.3 cm³/mol. The molecular formula is C14H23NO3S. The molecule has 0 bridgehead atoms. The standard InChI is InChI=1S/C14H23NO3S/c16-13-7-11(9-19)8-15(13)12(14(17)18)6-10-4-2-1-3-5-10/h10-12,19H,1-9H2,(H,17,18)/t11?,12-/m0/s1. The minimum absolute atomic E-state index is 0.0118. The van der Waals surface area contributed by atoms with E-state index in [1.165, 1.54) is 19.3 Å². The summed E-state index contributed by atoms with van der Waals surface area (Å²) >= 11 is 4.22. The highest BCUT2D eigenvalue weighted by molar-refractivity contribution is 7.80. The van der Waals surface area contributed by atoms with Crippen LogP contribution in [0.15, 0.2) is 0 Å². The van der Waals surface area contributed by atoms with Gasteiger partial charge in [-0.25, -0.2) is 4.79 Å². The number of thiol groups is 1. The second-order valence-corrected chi connectivity index (χ2v) is 6.26. The summed E-state index contributed by atoms with van der Waals surface area (Å²) in [6, 6.07) is -0.625. The molecule has 0 aromatic rings. The minimum Gasteiger partial charge on any atom is -0.480 e. The van der Waals surface area contributed by atoms with Crippen LogP contribution in [0.5, 0.6) is 0 Å². The van der Waals surface area contributed by atoms with Gasteiger partial charge in [-0.3, -0.25) is 4.79 Å². The number of rotatable bonds is 5. The maximum atomic E-state index is 12.0. The number of carbonyl (C=O) groups is 2. The molecule has 2 atom stereocenters. The van der Waals surface area contributed by atoms with Gasteiger partial charge in [0.25, 0.3) is 0 Å². The fourth-order valence-corrected chi connectivity index (χ4v) is 3.58. The molecule has 0 spiro atoms. The molecule has 1 N–H and O–H groups in total. The second-order valence-electron chi connectivity index (χ2n) is 5.89. The van der Waals surface area contributed by atoms with E-state index < -0.39 is 12.0 Å². The van der Waals surface area contributed by atoms with E-state index in [1.54, 1.807) is 4.90 Å². The average Bonchev–Trinajstić information content (AvgIpc) is 2.78. The molecule has 1 saturated heterocycles. The molecule has 0 radical (unpaired) electrons. The number of carboxylic acid groups (broad SMARTS) is 1. The summed E-state index contributed by atoms with van der Waals surface area (Å²) in [4.78, 5) is 25.0. The normalized spacial score (nSPS) is 26.7. The van der Waals surface area contributed by atoms with E-state index >= 15 is 0 Å². The van der Waals surface area contributed by atoms with E-state index in [1.807, 2.05) is 0 Å². The fraction of sp³-hybridized carbons (Fsp3) is 0.857. The van der Waals surface area contributed by atoms with Crippen LogP contribution in [0.2, 0.25) is 0 Å². The number of hydrogen-bond donors (Lipinski definition) is 2. The Labute approximate surface area is 120 Å². The molecule has 1 unspecified atom stereocenters. The third-order valence-electron chi connectivity index (χ3n) is 4.44. The lowest BCUT2D eigenvalue weighted by Gasteiger charge is -2.30. The highest BCUT2D eigenvalue weighted by atomic mass is 32.1. The number of amides is 1. The van der Waals surface area contributed by atoms with Crippen LogP contribution in [-0.2, 0) is 9.59 Å². The summed E-state index contributed by atoms with van der Waals surface area (Å²) in [5.74, 6) is 0.473. The summed E-state index contributed by atoms with van der Waals surface area (Å²) in [6.45, 7) is 0.562. The van der Waals surface area contributed by atoms with Gasteiger partial charge in [0.05, 0.1) is 0 Å². The van der Waals surface area contributed by atoms with Gasteiger partial charge in [-0.1, -0.05) is 32.1 Å². The lowest BCUT2D eigenvalue weighted by Crippen LogP contribution is -2.43. The van der Waals surface area contributed by atoms with Crippen molar-refractivity contribution in [3.8, 4) is 0 Å². The Morgan fingerprint density at radius 3 is 2.53 bits per heavy atom. The molecule has 1 heterocycles. The van der Waals surface area contributed by atoms with Gasteiger partial charge in [0, 0.05) is 13.0 Å². The average molecular weight is 285 g/mol. The van der Waals surface area contributed by atoms with Gasteiger partial charge in [-0.2, -0.15) is 12.6 Å². The first kappa shape index (κ1) is 14.7. The number of hydrogen-bond acceptors (Lipinski definition) is 3. The van der Waals surface area contributed by atoms with Crippen molar-refractivity contribution in [3.63, 3.8) is 0 Å². The van der Waals surface area contributed by atoms with Crippen LogP contribution in [0.1, 0.15) is 44.9 Å². The van der Waals surface area contributed by atoms with Crippen molar-refractivity contribution >= 4 is 24.5 Å². The van der Waals surface area contributed by atoms with Crippen LogP contribution in [0, 0.1) is 11.8 Å². The Morgan fingerprint density at radius 1 is 1.32 bits per heavy atom.